The second-order valence-electron chi connectivity index (χ2n) is 14.2. The topological polar surface area (TPSA) is 128 Å². The van der Waals surface area contributed by atoms with Crippen LogP contribution in [0.15, 0.2) is 112 Å². The largest absolute Gasteiger partial charge is 0.375 e. The predicted octanol–water partition coefficient (Wildman–Crippen LogP) is 7.65. The molecule has 1 aliphatic carbocycles. The smallest absolute Gasteiger partial charge is 0.293 e. The number of anilines is 2. The van der Waals surface area contributed by atoms with Crippen LogP contribution in [0.3, 0.4) is 0 Å². The minimum atomic E-state index is -4.42. The first-order valence-corrected chi connectivity index (χ1v) is 21.3. The van der Waals surface area contributed by atoms with Crippen LogP contribution in [0.4, 0.5) is 17.1 Å². The third-order valence-electron chi connectivity index (χ3n) is 9.90. The summed E-state index contributed by atoms with van der Waals surface area (Å²) in [4.78, 5) is 32.1. The van der Waals surface area contributed by atoms with Crippen LogP contribution in [0.2, 0.25) is 5.02 Å². The highest BCUT2D eigenvalue weighted by Crippen LogP contribution is 2.34. The Balaban J connectivity index is 1.06. The number of allylic oxidation sites excluding steroid dienone is 1. The highest BCUT2D eigenvalue weighted by Gasteiger charge is 2.26. The normalized spacial score (nSPS) is 15.9. The lowest BCUT2D eigenvalue weighted by Gasteiger charge is -2.37. The van der Waals surface area contributed by atoms with Gasteiger partial charge in [-0.25, -0.2) is 13.1 Å². The molecule has 0 saturated carbocycles. The molecule has 0 bridgehead atoms. The highest BCUT2D eigenvalue weighted by molar-refractivity contribution is 7.99. The van der Waals surface area contributed by atoms with Crippen LogP contribution in [0, 0.1) is 10.1 Å². The van der Waals surface area contributed by atoms with Crippen molar-refractivity contribution in [2.45, 2.75) is 41.5 Å². The SMILES string of the molecule is CN(C)CC(CSc1ccccc1)Nc1ccc(S(=O)(=O)NC(=O)c2ccc(N3CCN(CC4=C(c5ccc(Cl)cc5)CCCC4)CC3)cc2)cc1[N+](=O)[O-]. The summed E-state index contributed by atoms with van der Waals surface area (Å²) < 4.78 is 28.7. The molecule has 4 aromatic rings. The Bertz CT molecular complexity index is 2090. The van der Waals surface area contributed by atoms with Crippen molar-refractivity contribution >= 4 is 61.9 Å². The van der Waals surface area contributed by atoms with Crippen LogP contribution in [0.1, 0.15) is 41.6 Å². The van der Waals surface area contributed by atoms with E-state index >= 15 is 0 Å². The number of amides is 1. The molecule has 1 atom stereocenters. The third-order valence-corrected chi connectivity index (χ3v) is 12.7. The maximum absolute atomic E-state index is 13.3. The summed E-state index contributed by atoms with van der Waals surface area (Å²) in [6, 6.07) is 28.3. The molecule has 1 unspecified atom stereocenters. The first-order valence-electron chi connectivity index (χ1n) is 18.4. The van der Waals surface area contributed by atoms with E-state index in [0.717, 1.165) is 67.2 Å². The molecule has 290 valence electrons. The molecule has 0 radical (unpaired) electrons. The first-order chi connectivity index (χ1) is 26.4. The Hall–Kier alpha value is -4.40. The van der Waals surface area contributed by atoms with Crippen LogP contribution >= 0.6 is 23.4 Å². The highest BCUT2D eigenvalue weighted by atomic mass is 35.5. The van der Waals surface area contributed by atoms with Crippen LogP contribution in [-0.2, 0) is 10.0 Å². The number of likely N-dealkylation sites (N-methyl/N-ethyl adjacent to an activating group) is 1. The quantitative estimate of drug-likeness (QED) is 0.0703. The van der Waals surface area contributed by atoms with Crippen molar-refractivity contribution in [1.82, 2.24) is 14.5 Å². The molecule has 0 spiro atoms. The van der Waals surface area contributed by atoms with E-state index in [1.807, 2.05) is 73.6 Å². The van der Waals surface area contributed by atoms with E-state index in [1.165, 1.54) is 41.7 Å². The van der Waals surface area contributed by atoms with E-state index in [9.17, 15) is 23.3 Å². The van der Waals surface area contributed by atoms with Crippen LogP contribution in [0.5, 0.6) is 0 Å². The van der Waals surface area contributed by atoms with E-state index in [4.69, 9.17) is 11.6 Å². The van der Waals surface area contributed by atoms with E-state index in [2.05, 4.69) is 32.0 Å². The average molecular weight is 803 g/mol. The monoisotopic (exact) mass is 802 g/mol. The van der Waals surface area contributed by atoms with Gasteiger partial charge in [0.05, 0.1) is 9.82 Å². The van der Waals surface area contributed by atoms with Crippen LogP contribution in [-0.4, -0.2) is 94.2 Å². The summed E-state index contributed by atoms with van der Waals surface area (Å²) in [6.07, 6.45) is 4.62. The Kier molecular flexibility index (Phi) is 13.5. The van der Waals surface area contributed by atoms with Gasteiger partial charge in [-0.15, -0.1) is 11.8 Å². The zero-order chi connectivity index (χ0) is 39.0. The predicted molar refractivity (Wildman–Crippen MR) is 223 cm³/mol. The van der Waals surface area contributed by atoms with Gasteiger partial charge in [0, 0.05) is 78.3 Å². The number of carbonyl (C=O) groups excluding carboxylic acids is 1. The first kappa shape index (κ1) is 40.3. The van der Waals surface area contributed by atoms with Gasteiger partial charge < -0.3 is 15.1 Å². The zero-order valence-electron chi connectivity index (χ0n) is 31.1. The summed E-state index contributed by atoms with van der Waals surface area (Å²) in [7, 11) is -0.585. The van der Waals surface area contributed by atoms with Gasteiger partial charge >= 0.3 is 0 Å². The van der Waals surface area contributed by atoms with Crippen molar-refractivity contribution in [1.29, 1.82) is 0 Å². The summed E-state index contributed by atoms with van der Waals surface area (Å²) in [6.45, 7) is 5.01. The van der Waals surface area contributed by atoms with Crippen LogP contribution in [0.25, 0.3) is 5.57 Å². The Morgan fingerprint density at radius 3 is 2.29 bits per heavy atom. The molecule has 1 fully saturated rings. The maximum atomic E-state index is 13.3. The number of nitro groups is 1. The standard InChI is InChI=1S/C41H47ClN6O5S2/c1-45(2)28-34(29-54-36-9-4-3-5-10-36)43-39-21-20-37(26-40(39)48(50)51)55(52,53)44-41(49)31-14-18-35(19-15-31)47-24-22-46(23-25-47)27-32-8-6-7-11-38(32)30-12-16-33(42)17-13-30/h3-5,9-10,12-21,26,34,43H,6-8,11,22-25,27-29H2,1-2H3,(H,44,49). The fourth-order valence-electron chi connectivity index (χ4n) is 7.11. The van der Waals surface area contributed by atoms with Gasteiger partial charge in [-0.1, -0.05) is 47.5 Å². The van der Waals surface area contributed by atoms with E-state index in [1.54, 1.807) is 23.9 Å². The minimum Gasteiger partial charge on any atom is -0.375 e. The average Bonchev–Trinajstić information content (AvgIpc) is 3.18. The molecule has 2 N–H and O–H groups in total. The van der Waals surface area contributed by atoms with Gasteiger partial charge in [0.25, 0.3) is 21.6 Å². The summed E-state index contributed by atoms with van der Waals surface area (Å²) in [5.41, 5.74) is 5.14. The number of sulfonamides is 1. The summed E-state index contributed by atoms with van der Waals surface area (Å²) in [5, 5.41) is 16.1. The number of thioether (sulfide) groups is 1. The molecule has 1 aliphatic heterocycles. The number of rotatable bonds is 15. The van der Waals surface area contributed by atoms with Gasteiger partial charge in [0.2, 0.25) is 0 Å². The second-order valence-corrected chi connectivity index (χ2v) is 17.4. The Morgan fingerprint density at radius 2 is 1.62 bits per heavy atom. The van der Waals surface area contributed by atoms with Gasteiger partial charge in [0.1, 0.15) is 5.69 Å². The lowest BCUT2D eigenvalue weighted by Crippen LogP contribution is -2.47. The molecule has 1 saturated heterocycles. The Morgan fingerprint density at radius 1 is 0.927 bits per heavy atom. The molecular weight excluding hydrogens is 756 g/mol. The number of nitrogens with zero attached hydrogens (tertiary/aromatic N) is 4. The van der Waals surface area contributed by atoms with Gasteiger partial charge in [-0.3, -0.25) is 19.8 Å². The number of benzene rings is 4. The van der Waals surface area contributed by atoms with Gasteiger partial charge in [-0.05, 0) is 112 Å². The molecular formula is C41H47ClN6O5S2. The fraction of sp³-hybridized carbons (Fsp3) is 0.341. The molecule has 0 aromatic heterocycles. The van der Waals surface area contributed by atoms with Crippen molar-refractivity contribution < 1.29 is 18.1 Å². The number of piperazine rings is 1. The van der Waals surface area contributed by atoms with Crippen molar-refractivity contribution in [2.24, 2.45) is 0 Å². The van der Waals surface area contributed by atoms with Crippen LogP contribution < -0.4 is 14.9 Å². The molecule has 1 amide bonds. The number of hydrogen-bond donors (Lipinski definition) is 2. The van der Waals surface area contributed by atoms with Crippen molar-refractivity contribution in [3.63, 3.8) is 0 Å². The minimum absolute atomic E-state index is 0.167. The van der Waals surface area contributed by atoms with Crippen molar-refractivity contribution in [3.05, 3.63) is 129 Å². The van der Waals surface area contributed by atoms with E-state index in [0.29, 0.717) is 12.3 Å². The number of hydrogen-bond acceptors (Lipinski definition) is 10. The second kappa shape index (κ2) is 18.5. The third kappa shape index (κ3) is 10.9. The van der Waals surface area contributed by atoms with Crippen molar-refractivity contribution in [3.8, 4) is 0 Å². The maximum Gasteiger partial charge on any atom is 0.293 e. The summed E-state index contributed by atoms with van der Waals surface area (Å²) >= 11 is 7.76. The number of carbonyl (C=O) groups is 1. The molecule has 6 rings (SSSR count). The number of nitrogens with one attached hydrogen (secondary N) is 2. The number of nitro benzene ring substituents is 1. The van der Waals surface area contributed by atoms with Gasteiger partial charge in [-0.2, -0.15) is 0 Å². The molecule has 1 heterocycles. The molecule has 11 nitrogen and oxygen atoms in total. The van der Waals surface area contributed by atoms with E-state index < -0.39 is 26.5 Å². The summed E-state index contributed by atoms with van der Waals surface area (Å²) in [5.74, 6) is -0.197. The fourth-order valence-corrected chi connectivity index (χ4v) is 9.16. The number of halogens is 1. The molecule has 14 heteroatoms. The van der Waals surface area contributed by atoms with Crippen molar-refractivity contribution in [2.75, 3.05) is 69.3 Å². The zero-order valence-corrected chi connectivity index (χ0v) is 33.5. The lowest BCUT2D eigenvalue weighted by molar-refractivity contribution is -0.384. The molecule has 2 aliphatic rings. The lowest BCUT2D eigenvalue weighted by atomic mass is 9.87. The van der Waals surface area contributed by atoms with E-state index in [-0.39, 0.29) is 22.2 Å². The van der Waals surface area contributed by atoms with Gasteiger partial charge in [0.15, 0.2) is 0 Å². The molecule has 4 aromatic carbocycles. The Labute approximate surface area is 332 Å². The molecule has 55 heavy (non-hydrogen) atoms.